The lowest BCUT2D eigenvalue weighted by atomic mass is 10.2. The zero-order valence-corrected chi connectivity index (χ0v) is 8.64. The van der Waals surface area contributed by atoms with Crippen molar-refractivity contribution in [2.75, 3.05) is 34.9 Å². The second kappa shape index (κ2) is 6.04. The van der Waals surface area contributed by atoms with Gasteiger partial charge in [-0.3, -0.25) is 10.1 Å². The summed E-state index contributed by atoms with van der Waals surface area (Å²) in [5.41, 5.74) is 0. The Balaban J connectivity index is 4.16. The van der Waals surface area contributed by atoms with E-state index in [0.717, 1.165) is 0 Å². The molecule has 0 atom stereocenters. The number of Topliss-reactive ketones (excluding diaryl/α,β-unsaturated/α-hetero) is 1. The van der Waals surface area contributed by atoms with Crippen LogP contribution in [0.1, 0.15) is 6.42 Å². The summed E-state index contributed by atoms with van der Waals surface area (Å²) >= 11 is 0. The van der Waals surface area contributed by atoms with Crippen LogP contribution in [0.25, 0.3) is 0 Å². The molecule has 0 radical (unpaired) electrons. The lowest BCUT2D eigenvalue weighted by molar-refractivity contribution is -0.226. The summed E-state index contributed by atoms with van der Waals surface area (Å²) in [5.74, 6) is -0.964. The molecule has 0 aliphatic carbocycles. The molecule has 0 amide bonds. The first kappa shape index (κ1) is 12.5. The lowest BCUT2D eigenvalue weighted by Gasteiger charge is -2.29. The van der Waals surface area contributed by atoms with E-state index in [2.05, 4.69) is 10.6 Å². The molecular formula is C8H18N2O3. The maximum atomic E-state index is 11.3. The van der Waals surface area contributed by atoms with E-state index < -0.39 is 5.91 Å². The summed E-state index contributed by atoms with van der Waals surface area (Å²) < 4.78 is 10.1. The largest absolute Gasteiger partial charge is 0.340 e. The Morgan fingerprint density at radius 2 is 1.85 bits per heavy atom. The summed E-state index contributed by atoms with van der Waals surface area (Å²) in [6, 6.07) is 0. The van der Waals surface area contributed by atoms with Crippen LogP contribution in [-0.4, -0.2) is 46.6 Å². The van der Waals surface area contributed by atoms with Gasteiger partial charge in [-0.15, -0.1) is 0 Å². The molecule has 0 aliphatic heterocycles. The predicted molar refractivity (Wildman–Crippen MR) is 49.4 cm³/mol. The highest BCUT2D eigenvalue weighted by Crippen LogP contribution is 2.11. The van der Waals surface area contributed by atoms with Crippen LogP contribution >= 0.6 is 0 Å². The molecule has 0 saturated heterocycles. The number of nitrogens with one attached hydrogen (secondary N) is 2. The fourth-order valence-corrected chi connectivity index (χ4v) is 1.04. The Morgan fingerprint density at radius 3 is 2.15 bits per heavy atom. The highest BCUT2D eigenvalue weighted by molar-refractivity contribution is 5.81. The minimum Gasteiger partial charge on any atom is -0.340 e. The fourth-order valence-electron chi connectivity index (χ4n) is 1.04. The van der Waals surface area contributed by atoms with E-state index in [1.807, 2.05) is 0 Å². The third kappa shape index (κ3) is 3.82. The van der Waals surface area contributed by atoms with Crippen molar-refractivity contribution in [3.05, 3.63) is 0 Å². The molecule has 2 N–H and O–H groups in total. The third-order valence-electron chi connectivity index (χ3n) is 1.84. The van der Waals surface area contributed by atoms with Gasteiger partial charge in [0, 0.05) is 14.2 Å². The number of hydrogen-bond acceptors (Lipinski definition) is 5. The Morgan fingerprint density at radius 1 is 1.31 bits per heavy atom. The number of ether oxygens (including phenoxy) is 2. The van der Waals surface area contributed by atoms with Gasteiger partial charge in [-0.1, -0.05) is 0 Å². The van der Waals surface area contributed by atoms with Gasteiger partial charge in [0.25, 0.3) is 0 Å². The number of likely N-dealkylation sites (N-methyl/N-ethyl adjacent to an activating group) is 1. The van der Waals surface area contributed by atoms with Crippen LogP contribution in [0.5, 0.6) is 0 Å². The van der Waals surface area contributed by atoms with Gasteiger partial charge < -0.3 is 14.8 Å². The van der Waals surface area contributed by atoms with Crippen molar-refractivity contribution >= 4 is 5.78 Å². The third-order valence-corrected chi connectivity index (χ3v) is 1.84. The molecule has 0 saturated carbocycles. The van der Waals surface area contributed by atoms with Crippen LogP contribution in [0.3, 0.4) is 0 Å². The van der Waals surface area contributed by atoms with Crippen molar-refractivity contribution in [1.29, 1.82) is 0 Å². The van der Waals surface area contributed by atoms with Crippen LogP contribution in [0.2, 0.25) is 0 Å². The summed E-state index contributed by atoms with van der Waals surface area (Å²) in [6.07, 6.45) is 0.178. The molecule has 0 aromatic rings. The molecule has 0 aromatic carbocycles. The first-order valence-electron chi connectivity index (χ1n) is 4.09. The molecule has 0 aromatic heterocycles. The van der Waals surface area contributed by atoms with Crippen LogP contribution in [-0.2, 0) is 14.3 Å². The van der Waals surface area contributed by atoms with Crippen molar-refractivity contribution in [3.8, 4) is 0 Å². The van der Waals surface area contributed by atoms with E-state index in [9.17, 15) is 4.79 Å². The quantitative estimate of drug-likeness (QED) is 0.521. The Labute approximate surface area is 78.8 Å². The van der Waals surface area contributed by atoms with Crippen molar-refractivity contribution in [3.63, 3.8) is 0 Å². The Bertz CT molecular complexity index is 149. The molecule has 0 unspecified atom stereocenters. The SMILES string of the molecule is CNCC(=O)CC(NC)(OC)OC. The van der Waals surface area contributed by atoms with Gasteiger partial charge in [0.2, 0.25) is 5.91 Å². The molecule has 0 spiro atoms. The second-order valence-corrected chi connectivity index (χ2v) is 2.66. The maximum absolute atomic E-state index is 11.3. The van der Waals surface area contributed by atoms with Crippen LogP contribution in [0, 0.1) is 0 Å². The minimum absolute atomic E-state index is 0.0283. The number of ketones is 1. The summed E-state index contributed by atoms with van der Waals surface area (Å²) in [7, 11) is 6.39. The highest BCUT2D eigenvalue weighted by atomic mass is 16.7. The first-order chi connectivity index (χ1) is 6.14. The van der Waals surface area contributed by atoms with Crippen molar-refractivity contribution in [2.24, 2.45) is 0 Å². The topological polar surface area (TPSA) is 59.6 Å². The average Bonchev–Trinajstić information content (AvgIpc) is 2.15. The van der Waals surface area contributed by atoms with Gasteiger partial charge in [0.15, 0.2) is 5.78 Å². The van der Waals surface area contributed by atoms with Gasteiger partial charge in [-0.05, 0) is 14.1 Å². The van der Waals surface area contributed by atoms with E-state index in [1.165, 1.54) is 14.2 Å². The van der Waals surface area contributed by atoms with Crippen molar-refractivity contribution < 1.29 is 14.3 Å². The van der Waals surface area contributed by atoms with E-state index >= 15 is 0 Å². The van der Waals surface area contributed by atoms with Gasteiger partial charge in [-0.25, -0.2) is 0 Å². The number of rotatable bonds is 7. The Kier molecular flexibility index (Phi) is 5.81. The normalized spacial score (nSPS) is 11.7. The summed E-state index contributed by atoms with van der Waals surface area (Å²) in [6.45, 7) is 0.316. The van der Waals surface area contributed by atoms with Gasteiger partial charge >= 0.3 is 0 Å². The van der Waals surface area contributed by atoms with Crippen LogP contribution < -0.4 is 10.6 Å². The first-order valence-corrected chi connectivity index (χ1v) is 4.09. The van der Waals surface area contributed by atoms with Gasteiger partial charge in [0.1, 0.15) is 0 Å². The number of methoxy groups -OCH3 is 2. The van der Waals surface area contributed by atoms with Crippen molar-refractivity contribution in [1.82, 2.24) is 10.6 Å². The number of carbonyl (C=O) groups excluding carboxylic acids is 1. The van der Waals surface area contributed by atoms with Gasteiger partial charge in [-0.2, -0.15) is 0 Å². The minimum atomic E-state index is -0.992. The molecule has 13 heavy (non-hydrogen) atoms. The standard InChI is InChI=1S/C8H18N2O3/c1-9-6-7(11)5-8(10-2,12-3)13-4/h9-10H,5-6H2,1-4H3. The second-order valence-electron chi connectivity index (χ2n) is 2.66. The smallest absolute Gasteiger partial charge is 0.233 e. The fraction of sp³-hybridized carbons (Fsp3) is 0.875. The lowest BCUT2D eigenvalue weighted by Crippen LogP contribution is -2.49. The molecule has 78 valence electrons. The van der Waals surface area contributed by atoms with E-state index in [1.54, 1.807) is 14.1 Å². The molecule has 0 rings (SSSR count). The molecule has 5 nitrogen and oxygen atoms in total. The summed E-state index contributed by atoms with van der Waals surface area (Å²) in [4.78, 5) is 11.3. The number of hydrogen-bond donors (Lipinski definition) is 2. The highest BCUT2D eigenvalue weighted by Gasteiger charge is 2.30. The predicted octanol–water partition coefficient (Wildman–Crippen LogP) is -0.669. The monoisotopic (exact) mass is 190 g/mol. The van der Waals surface area contributed by atoms with E-state index in [0.29, 0.717) is 6.54 Å². The molecular weight excluding hydrogens is 172 g/mol. The molecule has 0 heterocycles. The number of carbonyl (C=O) groups is 1. The molecule has 0 fully saturated rings. The average molecular weight is 190 g/mol. The molecule has 0 aliphatic rings. The van der Waals surface area contributed by atoms with Gasteiger partial charge in [0.05, 0.1) is 13.0 Å². The molecule has 0 bridgehead atoms. The van der Waals surface area contributed by atoms with E-state index in [4.69, 9.17) is 9.47 Å². The van der Waals surface area contributed by atoms with E-state index in [-0.39, 0.29) is 12.2 Å². The zero-order valence-electron chi connectivity index (χ0n) is 8.64. The van der Waals surface area contributed by atoms with Crippen LogP contribution in [0.15, 0.2) is 0 Å². The zero-order chi connectivity index (χ0) is 10.3. The Hall–Kier alpha value is -0.490. The van der Waals surface area contributed by atoms with Crippen LogP contribution in [0.4, 0.5) is 0 Å². The molecule has 5 heteroatoms. The van der Waals surface area contributed by atoms with Crippen molar-refractivity contribution in [2.45, 2.75) is 12.3 Å². The summed E-state index contributed by atoms with van der Waals surface area (Å²) in [5, 5.41) is 5.59. The maximum Gasteiger partial charge on any atom is 0.233 e.